The van der Waals surface area contributed by atoms with Gasteiger partial charge in [0.1, 0.15) is 56.7 Å². The first kappa shape index (κ1) is 110. The molecule has 7 aromatic heterocycles. The minimum Gasteiger partial charge on any atom is -0.332 e. The fourth-order valence-electron chi connectivity index (χ4n) is 24.7. The van der Waals surface area contributed by atoms with Crippen molar-refractivity contribution in [3.63, 3.8) is 0 Å². The lowest BCUT2D eigenvalue weighted by molar-refractivity contribution is -0.157. The molecule has 14 aliphatic heterocycles. The number of nitriles is 2. The van der Waals surface area contributed by atoms with Gasteiger partial charge in [-0.2, -0.15) is 10.5 Å². The zero-order valence-electron chi connectivity index (χ0n) is 86.0. The molecule has 1 aliphatic carbocycles. The number of carbonyl (C=O) groups excluding carboxylic acids is 7. The number of nitrogens with zero attached hydrogens (tertiary/aromatic N) is 21. The summed E-state index contributed by atoms with van der Waals surface area (Å²) in [5, 5.41) is 35.4. The first-order chi connectivity index (χ1) is 70.6. The number of hydrazine groups is 5. The fraction of sp³-hybridized carbons (Fsp3) is 0.593. The average molecular weight is 2080 g/mol. The molecule has 0 aromatic carbocycles. The molecule has 15 fully saturated rings. The van der Waals surface area contributed by atoms with Crippen LogP contribution in [0.25, 0.3) is 0 Å². The number of pyridine rings is 7. The van der Waals surface area contributed by atoms with Crippen molar-refractivity contribution in [2.75, 3.05) is 65.4 Å². The molecule has 28 nitrogen and oxygen atoms in total. The van der Waals surface area contributed by atoms with Gasteiger partial charge >= 0.3 is 0 Å². The van der Waals surface area contributed by atoms with Gasteiger partial charge in [-0.3, -0.25) is 93.5 Å². The van der Waals surface area contributed by atoms with Crippen molar-refractivity contribution in [1.82, 2.24) is 94.8 Å². The second-order valence-electron chi connectivity index (χ2n) is 44.0. The van der Waals surface area contributed by atoms with Gasteiger partial charge in [0.15, 0.2) is 0 Å². The van der Waals surface area contributed by atoms with E-state index in [-0.39, 0.29) is 140 Å². The van der Waals surface area contributed by atoms with Gasteiger partial charge in [0.05, 0.1) is 82.8 Å². The first-order valence-corrected chi connectivity index (χ1v) is 51.7. The molecular weight excluding hydrogens is 1950 g/mol. The van der Waals surface area contributed by atoms with Crippen LogP contribution in [-0.2, 0) is 33.6 Å². The maximum absolute atomic E-state index is 13.9. The van der Waals surface area contributed by atoms with Crippen molar-refractivity contribution in [3.8, 4) is 12.1 Å². The Hall–Kier alpha value is -11.8. The van der Waals surface area contributed by atoms with Crippen LogP contribution in [0.4, 0.5) is 57.1 Å². The molecule has 0 N–H and O–H groups in total. The van der Waals surface area contributed by atoms with Crippen LogP contribution < -0.4 is 0 Å². The van der Waals surface area contributed by atoms with Gasteiger partial charge in [-0.1, -0.05) is 65.5 Å². The molecule has 149 heavy (non-hydrogen) atoms. The van der Waals surface area contributed by atoms with E-state index in [4.69, 9.17) is 10.5 Å². The summed E-state index contributed by atoms with van der Waals surface area (Å²) < 4.78 is 178. The number of hydrogen-bond donors (Lipinski definition) is 0. The highest BCUT2D eigenvalue weighted by atomic mass is 19.3. The van der Waals surface area contributed by atoms with Crippen LogP contribution in [0.3, 0.4) is 0 Å². The summed E-state index contributed by atoms with van der Waals surface area (Å²) in [5.74, 6) is -8.95. The molecular formula is C108H130F13N21O7. The SMILES string of the molecule is CCCC1(C(F)F)CN2CCC(c3cncc(C#N)c3)N2C1=O.CCCC1(C(F)F)CN2CCC(c3cncc(C#N)c3)N2C1=O.CC[C@@]1(C)CN2CC[C@@H](c3cncc(F)c3)N2C1=O.CC[C@@]1(C)CN2CC[C@H](c3cncc(F)c3)N2C1=O.Cc1cncc([C@@H]2CC[C@@H]3C[C@@](C)(C(C)(F)F)C(=O)N32)c1.Cc1cncc([C@@H]2CC[C@@H]3C[C@](C)(C(C)(F)F)C(=O)N32)c1.O=C1N2[C@H](c3cncc(F)c3)CCN2C[C@@]1(CC1CC1)C(F)F. The second kappa shape index (κ2) is 43.2. The maximum Gasteiger partial charge on any atom is 0.259 e. The van der Waals surface area contributed by atoms with E-state index in [9.17, 15) is 90.6 Å². The molecule has 21 heterocycles. The number of fused-ring (bicyclic) bond motifs is 7. The molecule has 41 heteroatoms. The quantitative estimate of drug-likeness (QED) is 0.0640. The molecule has 22 rings (SSSR count). The largest absolute Gasteiger partial charge is 0.332 e. The zero-order chi connectivity index (χ0) is 107. The number of alkyl halides is 10. The Morgan fingerprint density at radius 2 is 0.624 bits per heavy atom. The Morgan fingerprint density at radius 3 is 0.899 bits per heavy atom. The smallest absolute Gasteiger partial charge is 0.259 e. The van der Waals surface area contributed by atoms with E-state index < -0.39 is 99.6 Å². The van der Waals surface area contributed by atoms with Gasteiger partial charge in [0, 0.05) is 160 Å². The highest BCUT2D eigenvalue weighted by molar-refractivity contribution is 5.90. The fourth-order valence-corrected chi connectivity index (χ4v) is 24.7. The minimum absolute atomic E-state index is 0.0657. The predicted molar refractivity (Wildman–Crippen MR) is 518 cm³/mol. The number of carbonyl (C=O) groups is 7. The Bertz CT molecular complexity index is 5910. The van der Waals surface area contributed by atoms with Crippen molar-refractivity contribution < 1.29 is 90.6 Å². The third-order valence-corrected chi connectivity index (χ3v) is 33.8. The summed E-state index contributed by atoms with van der Waals surface area (Å²) in [6, 6.07) is 14.1. The second-order valence-corrected chi connectivity index (χ2v) is 44.0. The molecule has 0 bridgehead atoms. The van der Waals surface area contributed by atoms with Crippen molar-refractivity contribution in [1.29, 1.82) is 10.5 Å². The van der Waals surface area contributed by atoms with Gasteiger partial charge in [0.2, 0.25) is 23.6 Å². The van der Waals surface area contributed by atoms with Crippen LogP contribution in [0, 0.1) is 97.8 Å². The van der Waals surface area contributed by atoms with Crippen molar-refractivity contribution in [3.05, 3.63) is 208 Å². The van der Waals surface area contributed by atoms with E-state index >= 15 is 0 Å². The van der Waals surface area contributed by atoms with Gasteiger partial charge in [-0.25, -0.2) is 82.1 Å². The van der Waals surface area contributed by atoms with Crippen LogP contribution in [0.1, 0.15) is 301 Å². The van der Waals surface area contributed by atoms with Gasteiger partial charge in [0.25, 0.3) is 48.8 Å². The predicted octanol–water partition coefficient (Wildman–Crippen LogP) is 19.1. The van der Waals surface area contributed by atoms with Gasteiger partial charge in [-0.05, 0) is 231 Å². The number of rotatable bonds is 20. The number of hydrogen-bond acceptors (Lipinski definition) is 21. The molecule has 7 aromatic rings. The first-order valence-electron chi connectivity index (χ1n) is 51.7. The lowest BCUT2D eigenvalue weighted by Crippen LogP contribution is -2.44. The number of amides is 7. The summed E-state index contributed by atoms with van der Waals surface area (Å²) in [7, 11) is 0. The highest BCUT2D eigenvalue weighted by Crippen LogP contribution is 2.59. The number of aromatic nitrogens is 7. The molecule has 16 atom stereocenters. The normalized spacial score (nSPS) is 30.4. The molecule has 800 valence electrons. The van der Waals surface area contributed by atoms with E-state index in [0.29, 0.717) is 68.4 Å². The minimum atomic E-state index is -3.00. The molecule has 1 saturated carbocycles. The molecule has 0 spiro atoms. The summed E-state index contributed by atoms with van der Waals surface area (Å²) >= 11 is 0. The van der Waals surface area contributed by atoms with Crippen LogP contribution in [0.2, 0.25) is 0 Å². The topological polar surface area (TPSA) is 296 Å². The van der Waals surface area contributed by atoms with E-state index in [0.717, 1.165) is 155 Å². The highest BCUT2D eigenvalue weighted by Gasteiger charge is 2.68. The Kier molecular flexibility index (Phi) is 31.8. The van der Waals surface area contributed by atoms with Crippen LogP contribution >= 0.6 is 0 Å². The maximum atomic E-state index is 13.9. The Morgan fingerprint density at radius 1 is 0.349 bits per heavy atom. The number of halogens is 13. The Balaban J connectivity index is 0.000000124. The van der Waals surface area contributed by atoms with Crippen LogP contribution in [0.15, 0.2) is 129 Å². The molecule has 15 aliphatic rings. The molecule has 7 amide bonds. The van der Waals surface area contributed by atoms with Crippen molar-refractivity contribution in [2.45, 2.75) is 297 Å². The number of aryl methyl sites for hydroxylation is 2. The van der Waals surface area contributed by atoms with Gasteiger partial charge < -0.3 is 9.80 Å². The van der Waals surface area contributed by atoms with Crippen molar-refractivity contribution >= 4 is 41.4 Å². The monoisotopic (exact) mass is 2080 g/mol. The summed E-state index contributed by atoms with van der Waals surface area (Å²) in [6.07, 6.45) is 25.9. The van der Waals surface area contributed by atoms with Crippen molar-refractivity contribution in [2.24, 2.45) is 43.8 Å². The Labute approximate surface area is 859 Å². The standard InChI is InChI=1S/C16H18F3N3O.2C16H18F2N4O.2C16H20F2N2O.2C14H18FN3O/c17-12-5-11(7-20-8-12)13-3-4-21-9-16(14(18)19,6-10-1-2-10)15(23)22(13)21;2*1-2-4-16(14(17)18)10-21-5-3-13(22(21)15(16)23)12-6-11(7-19)8-20-9-12;2*1-10-6-11(9-19-8-10)13-5-4-12-7-15(2,16(3,17)18)14(21)20(12)13;2*1-3-14(2)9-17-5-4-12(18(17)13(14)19)10-6-11(15)8-16-7-10/h5,7-8,10,13-14H,1-4,6,9H2;2*6,8-9,13-14H,2-5,10H2,1H3;2*6,8-9,12-13H,4-5,7H2,1-3H3;2*6-8,12H,3-5,9H2,1-2H3/t13-,16-;;;12-,13+,15+;12-,13+,15-;12-,14+;12-,14-/m0..1110/s1. The third-order valence-electron chi connectivity index (χ3n) is 33.8. The molecule has 14 saturated heterocycles. The molecule has 4 unspecified atom stereocenters. The van der Waals surface area contributed by atoms with E-state index in [1.807, 2.05) is 89.7 Å². The lowest BCUT2D eigenvalue weighted by Gasteiger charge is -2.31. The lowest BCUT2D eigenvalue weighted by atomic mass is 9.80. The third kappa shape index (κ3) is 20.7. The summed E-state index contributed by atoms with van der Waals surface area (Å²) in [5.41, 5.74) is -0.223. The van der Waals surface area contributed by atoms with Gasteiger partial charge in [-0.15, -0.1) is 0 Å². The van der Waals surface area contributed by atoms with E-state index in [1.165, 1.54) is 78.1 Å². The van der Waals surface area contributed by atoms with Crippen LogP contribution in [0.5, 0.6) is 0 Å². The van der Waals surface area contributed by atoms with E-state index in [2.05, 4.69) is 44.9 Å². The van der Waals surface area contributed by atoms with Crippen LogP contribution in [-0.4, -0.2) is 245 Å². The van der Waals surface area contributed by atoms with E-state index in [1.54, 1.807) is 86.5 Å². The summed E-state index contributed by atoms with van der Waals surface area (Å²) in [4.78, 5) is 120. The average Bonchev–Trinajstić information content (AvgIpc) is 1.48. The summed E-state index contributed by atoms with van der Waals surface area (Å²) in [6.45, 7) is 25.2. The molecule has 0 radical (unpaired) electrons. The zero-order valence-corrected chi connectivity index (χ0v) is 86.0.